The molecule has 5 nitrogen and oxygen atoms in total. The molecule has 0 atom stereocenters. The maximum Gasteiger partial charge on any atom is 0.262 e. The maximum atomic E-state index is 12.4. The molecule has 0 aliphatic rings. The molecule has 0 radical (unpaired) electrons. The number of benzene rings is 2. The van der Waals surface area contributed by atoms with Gasteiger partial charge in [-0.05, 0) is 66.1 Å². The van der Waals surface area contributed by atoms with Crippen LogP contribution in [0.15, 0.2) is 42.5 Å². The van der Waals surface area contributed by atoms with Gasteiger partial charge in [-0.25, -0.2) is 0 Å². The van der Waals surface area contributed by atoms with E-state index in [1.165, 1.54) is 5.56 Å². The van der Waals surface area contributed by atoms with E-state index in [1.54, 1.807) is 24.3 Å². The van der Waals surface area contributed by atoms with Crippen molar-refractivity contribution in [2.75, 3.05) is 11.9 Å². The highest BCUT2D eigenvalue weighted by Crippen LogP contribution is 2.35. The van der Waals surface area contributed by atoms with Gasteiger partial charge in [0.25, 0.3) is 11.8 Å². The molecule has 0 aliphatic carbocycles. The van der Waals surface area contributed by atoms with Crippen molar-refractivity contribution in [2.24, 2.45) is 0 Å². The zero-order valence-corrected chi connectivity index (χ0v) is 20.1. The lowest BCUT2D eigenvalue weighted by atomic mass is 9.80. The Labute approximate surface area is 186 Å². The van der Waals surface area contributed by atoms with E-state index in [0.717, 1.165) is 11.3 Å². The minimum absolute atomic E-state index is 0.0359. The van der Waals surface area contributed by atoms with Gasteiger partial charge in [0, 0.05) is 17.3 Å². The van der Waals surface area contributed by atoms with E-state index in [4.69, 9.17) is 4.74 Å². The molecule has 31 heavy (non-hydrogen) atoms. The molecular formula is C26H36N2O3. The number of nitrogens with one attached hydrogen (secondary N) is 2. The lowest BCUT2D eigenvalue weighted by molar-refractivity contribution is -0.118. The summed E-state index contributed by atoms with van der Waals surface area (Å²) in [6, 6.07) is 13.1. The first-order chi connectivity index (χ1) is 14.3. The van der Waals surface area contributed by atoms with Gasteiger partial charge in [-0.1, -0.05) is 53.7 Å². The van der Waals surface area contributed by atoms with E-state index in [-0.39, 0.29) is 35.3 Å². The summed E-state index contributed by atoms with van der Waals surface area (Å²) >= 11 is 0. The first kappa shape index (κ1) is 24.4. The fraction of sp³-hybridized carbons (Fsp3) is 0.462. The van der Waals surface area contributed by atoms with Gasteiger partial charge in [-0.15, -0.1) is 0 Å². The second-order valence-electron chi connectivity index (χ2n) is 10.3. The minimum atomic E-state index is -0.251. The lowest BCUT2D eigenvalue weighted by Crippen LogP contribution is -2.30. The average Bonchev–Trinajstić information content (AvgIpc) is 2.64. The van der Waals surface area contributed by atoms with Crippen molar-refractivity contribution in [1.82, 2.24) is 5.32 Å². The predicted octanol–water partition coefficient (Wildman–Crippen LogP) is 5.44. The Hall–Kier alpha value is -2.82. The number of rotatable bonds is 6. The summed E-state index contributed by atoms with van der Waals surface area (Å²) < 4.78 is 5.89. The Morgan fingerprint density at radius 1 is 0.903 bits per heavy atom. The van der Waals surface area contributed by atoms with Gasteiger partial charge in [0.15, 0.2) is 6.61 Å². The summed E-state index contributed by atoms with van der Waals surface area (Å²) in [6.07, 6.45) is 0. The predicted molar refractivity (Wildman–Crippen MR) is 127 cm³/mol. The van der Waals surface area contributed by atoms with Gasteiger partial charge in [0.2, 0.25) is 0 Å². The molecule has 2 aromatic rings. The van der Waals surface area contributed by atoms with E-state index in [0.29, 0.717) is 11.3 Å². The van der Waals surface area contributed by atoms with E-state index in [9.17, 15) is 9.59 Å². The molecule has 0 aliphatic heterocycles. The second-order valence-corrected chi connectivity index (χ2v) is 10.3. The topological polar surface area (TPSA) is 67.4 Å². The zero-order chi connectivity index (χ0) is 23.4. The molecule has 0 unspecified atom stereocenters. The van der Waals surface area contributed by atoms with Gasteiger partial charge in [0.05, 0.1) is 0 Å². The Bertz CT molecular complexity index is 917. The monoisotopic (exact) mass is 424 g/mol. The standard InChI is InChI=1S/C26H36N2O3/c1-17(2)27-24(30)18-9-12-20(13-10-18)28-23(29)16-31-22-14-11-19(25(3,4)5)15-21(22)26(6,7)8/h9-15,17H,16H2,1-8H3,(H,27,30)(H,28,29). The number of carbonyl (C=O) groups is 2. The van der Waals surface area contributed by atoms with Crippen molar-refractivity contribution in [2.45, 2.75) is 72.3 Å². The molecule has 2 amide bonds. The highest BCUT2D eigenvalue weighted by molar-refractivity contribution is 5.96. The smallest absolute Gasteiger partial charge is 0.262 e. The summed E-state index contributed by atoms with van der Waals surface area (Å²) in [6.45, 7) is 16.7. The first-order valence-corrected chi connectivity index (χ1v) is 10.8. The molecule has 0 heterocycles. The van der Waals surface area contributed by atoms with Crippen molar-refractivity contribution in [3.05, 3.63) is 59.2 Å². The number of carbonyl (C=O) groups excluding carboxylic acids is 2. The molecule has 0 bridgehead atoms. The summed E-state index contributed by atoms with van der Waals surface area (Å²) in [5.74, 6) is 0.333. The van der Waals surface area contributed by atoms with Crippen LogP contribution in [-0.2, 0) is 15.6 Å². The Kier molecular flexibility index (Phi) is 7.53. The van der Waals surface area contributed by atoms with Crippen LogP contribution in [0.25, 0.3) is 0 Å². The summed E-state index contributed by atoms with van der Waals surface area (Å²) in [5, 5.41) is 5.66. The van der Waals surface area contributed by atoms with E-state index < -0.39 is 0 Å². The number of anilines is 1. The molecule has 2 N–H and O–H groups in total. The normalized spacial score (nSPS) is 11.9. The zero-order valence-electron chi connectivity index (χ0n) is 20.1. The number of hydrogen-bond donors (Lipinski definition) is 2. The second kappa shape index (κ2) is 9.54. The maximum absolute atomic E-state index is 12.4. The highest BCUT2D eigenvalue weighted by Gasteiger charge is 2.23. The third-order valence-electron chi connectivity index (χ3n) is 4.86. The molecule has 168 valence electrons. The summed E-state index contributed by atoms with van der Waals surface area (Å²) in [4.78, 5) is 24.5. The van der Waals surface area contributed by atoms with E-state index in [1.807, 2.05) is 19.9 Å². The molecular weight excluding hydrogens is 388 g/mol. The van der Waals surface area contributed by atoms with Crippen molar-refractivity contribution in [3.63, 3.8) is 0 Å². The van der Waals surface area contributed by atoms with E-state index in [2.05, 4.69) is 64.3 Å². The number of hydrogen-bond acceptors (Lipinski definition) is 3. The highest BCUT2D eigenvalue weighted by atomic mass is 16.5. The van der Waals surface area contributed by atoms with Gasteiger partial charge < -0.3 is 15.4 Å². The third kappa shape index (κ3) is 7.12. The lowest BCUT2D eigenvalue weighted by Gasteiger charge is -2.27. The van der Waals surface area contributed by atoms with Crippen LogP contribution in [0.1, 0.15) is 76.9 Å². The number of amides is 2. The van der Waals surface area contributed by atoms with E-state index >= 15 is 0 Å². The van der Waals surface area contributed by atoms with Crippen LogP contribution >= 0.6 is 0 Å². The fourth-order valence-electron chi connectivity index (χ4n) is 3.10. The molecule has 0 aromatic heterocycles. The molecule has 0 saturated heterocycles. The van der Waals surface area contributed by atoms with Crippen LogP contribution < -0.4 is 15.4 Å². The SMILES string of the molecule is CC(C)NC(=O)c1ccc(NC(=O)COc2ccc(C(C)(C)C)cc2C(C)(C)C)cc1. The average molecular weight is 425 g/mol. The fourth-order valence-corrected chi connectivity index (χ4v) is 3.10. The van der Waals surface area contributed by atoms with Crippen LogP contribution in [-0.4, -0.2) is 24.5 Å². The van der Waals surface area contributed by atoms with Crippen molar-refractivity contribution in [1.29, 1.82) is 0 Å². The quantitative estimate of drug-likeness (QED) is 0.649. The molecule has 0 saturated carbocycles. The van der Waals surface area contributed by atoms with Crippen molar-refractivity contribution in [3.8, 4) is 5.75 Å². The molecule has 2 aromatic carbocycles. The van der Waals surface area contributed by atoms with Crippen LogP contribution in [0.5, 0.6) is 5.75 Å². The van der Waals surface area contributed by atoms with Crippen LogP contribution in [0.4, 0.5) is 5.69 Å². The van der Waals surface area contributed by atoms with Crippen LogP contribution in [0, 0.1) is 0 Å². The third-order valence-corrected chi connectivity index (χ3v) is 4.86. The molecule has 2 rings (SSSR count). The van der Waals surface area contributed by atoms with Gasteiger partial charge in [-0.3, -0.25) is 9.59 Å². The van der Waals surface area contributed by atoms with Crippen LogP contribution in [0.3, 0.4) is 0 Å². The number of ether oxygens (including phenoxy) is 1. The van der Waals surface area contributed by atoms with Gasteiger partial charge in [-0.2, -0.15) is 0 Å². The Morgan fingerprint density at radius 2 is 1.52 bits per heavy atom. The van der Waals surface area contributed by atoms with Gasteiger partial charge >= 0.3 is 0 Å². The first-order valence-electron chi connectivity index (χ1n) is 10.8. The molecule has 0 fully saturated rings. The van der Waals surface area contributed by atoms with Crippen molar-refractivity contribution >= 4 is 17.5 Å². The van der Waals surface area contributed by atoms with Crippen molar-refractivity contribution < 1.29 is 14.3 Å². The molecule has 0 spiro atoms. The largest absolute Gasteiger partial charge is 0.483 e. The van der Waals surface area contributed by atoms with Gasteiger partial charge in [0.1, 0.15) is 5.75 Å². The molecule has 5 heteroatoms. The summed E-state index contributed by atoms with van der Waals surface area (Å²) in [5.41, 5.74) is 3.41. The Balaban J connectivity index is 2.05. The summed E-state index contributed by atoms with van der Waals surface area (Å²) in [7, 11) is 0. The minimum Gasteiger partial charge on any atom is -0.483 e. The van der Waals surface area contributed by atoms with Crippen LogP contribution in [0.2, 0.25) is 0 Å². The Morgan fingerprint density at radius 3 is 2.03 bits per heavy atom.